The minimum absolute atomic E-state index is 0.0851. The van der Waals surface area contributed by atoms with Crippen LogP contribution in [-0.2, 0) is 10.0 Å². The first-order valence-corrected chi connectivity index (χ1v) is 8.33. The SMILES string of the molecule is COc1cc(S(=O)(=O)Nc2cc(C)ccc2Br)ccc1N. The molecule has 0 unspecified atom stereocenters. The first-order valence-electron chi connectivity index (χ1n) is 6.06. The Balaban J connectivity index is 2.41. The van der Waals surface area contributed by atoms with E-state index in [0.717, 1.165) is 5.56 Å². The quantitative estimate of drug-likeness (QED) is 0.809. The van der Waals surface area contributed by atoms with Crippen molar-refractivity contribution >= 4 is 37.3 Å². The second kappa shape index (κ2) is 5.95. The zero-order valence-corrected chi connectivity index (χ0v) is 14.0. The van der Waals surface area contributed by atoms with Crippen LogP contribution in [0.4, 0.5) is 11.4 Å². The molecule has 5 nitrogen and oxygen atoms in total. The average Bonchev–Trinajstić information content (AvgIpc) is 2.43. The van der Waals surface area contributed by atoms with Crippen molar-refractivity contribution in [3.05, 3.63) is 46.4 Å². The van der Waals surface area contributed by atoms with Gasteiger partial charge in [0.05, 0.1) is 23.4 Å². The van der Waals surface area contributed by atoms with E-state index in [1.54, 1.807) is 12.1 Å². The molecule has 2 aromatic rings. The molecule has 2 rings (SSSR count). The molecular formula is C14H15BrN2O3S. The van der Waals surface area contributed by atoms with E-state index in [2.05, 4.69) is 20.7 Å². The molecule has 0 aliphatic heterocycles. The molecule has 0 amide bonds. The summed E-state index contributed by atoms with van der Waals surface area (Å²) in [4.78, 5) is 0.0851. The number of nitrogens with one attached hydrogen (secondary N) is 1. The first kappa shape index (κ1) is 15.7. The molecule has 0 saturated carbocycles. The fourth-order valence-electron chi connectivity index (χ4n) is 1.78. The maximum absolute atomic E-state index is 12.4. The van der Waals surface area contributed by atoms with Crippen LogP contribution in [0.25, 0.3) is 0 Å². The number of nitrogen functional groups attached to an aromatic ring is 1. The van der Waals surface area contributed by atoms with Gasteiger partial charge in [0.15, 0.2) is 0 Å². The highest BCUT2D eigenvalue weighted by atomic mass is 79.9. The molecule has 0 bridgehead atoms. The minimum atomic E-state index is -3.72. The third-order valence-electron chi connectivity index (χ3n) is 2.88. The van der Waals surface area contributed by atoms with Crippen molar-refractivity contribution in [2.45, 2.75) is 11.8 Å². The molecule has 7 heteroatoms. The maximum Gasteiger partial charge on any atom is 0.262 e. The summed E-state index contributed by atoms with van der Waals surface area (Å²) in [6.07, 6.45) is 0. The number of ether oxygens (including phenoxy) is 1. The normalized spacial score (nSPS) is 11.2. The van der Waals surface area contributed by atoms with E-state index in [4.69, 9.17) is 10.5 Å². The Labute approximate surface area is 132 Å². The molecule has 0 spiro atoms. The summed E-state index contributed by atoms with van der Waals surface area (Å²) in [5.41, 5.74) is 7.50. The summed E-state index contributed by atoms with van der Waals surface area (Å²) >= 11 is 3.32. The van der Waals surface area contributed by atoms with Crippen LogP contribution in [0.3, 0.4) is 0 Å². The number of anilines is 2. The van der Waals surface area contributed by atoms with E-state index >= 15 is 0 Å². The molecule has 0 aliphatic carbocycles. The van der Waals surface area contributed by atoms with Gasteiger partial charge >= 0.3 is 0 Å². The van der Waals surface area contributed by atoms with E-state index in [-0.39, 0.29) is 4.90 Å². The number of benzene rings is 2. The molecule has 3 N–H and O–H groups in total. The summed E-state index contributed by atoms with van der Waals surface area (Å²) in [6, 6.07) is 9.74. The van der Waals surface area contributed by atoms with E-state index < -0.39 is 10.0 Å². The zero-order chi connectivity index (χ0) is 15.6. The largest absolute Gasteiger partial charge is 0.495 e. The third kappa shape index (κ3) is 3.48. The number of hydrogen-bond donors (Lipinski definition) is 2. The second-order valence-electron chi connectivity index (χ2n) is 4.49. The lowest BCUT2D eigenvalue weighted by molar-refractivity contribution is 0.415. The first-order chi connectivity index (χ1) is 9.83. The molecule has 112 valence electrons. The third-order valence-corrected chi connectivity index (χ3v) is 4.94. The number of halogens is 1. The molecule has 0 aliphatic rings. The predicted molar refractivity (Wildman–Crippen MR) is 87.1 cm³/mol. The summed E-state index contributed by atoms with van der Waals surface area (Å²) in [6.45, 7) is 1.89. The number of nitrogens with two attached hydrogens (primary N) is 1. The Bertz CT molecular complexity index is 776. The minimum Gasteiger partial charge on any atom is -0.495 e. The van der Waals surface area contributed by atoms with Gasteiger partial charge in [-0.3, -0.25) is 4.72 Å². The van der Waals surface area contributed by atoms with Crippen molar-refractivity contribution in [3.63, 3.8) is 0 Å². The molecule has 0 heterocycles. The van der Waals surface area contributed by atoms with Crippen LogP contribution in [0.5, 0.6) is 5.75 Å². The van der Waals surface area contributed by atoms with Crippen LogP contribution in [-0.4, -0.2) is 15.5 Å². The lowest BCUT2D eigenvalue weighted by atomic mass is 10.2. The number of methoxy groups -OCH3 is 1. The van der Waals surface area contributed by atoms with Gasteiger partial charge in [-0.15, -0.1) is 0 Å². The number of sulfonamides is 1. The molecule has 0 atom stereocenters. The fraction of sp³-hybridized carbons (Fsp3) is 0.143. The fourth-order valence-corrected chi connectivity index (χ4v) is 3.34. The van der Waals surface area contributed by atoms with Gasteiger partial charge in [0, 0.05) is 10.5 Å². The summed E-state index contributed by atoms with van der Waals surface area (Å²) in [5, 5.41) is 0. The van der Waals surface area contributed by atoms with Gasteiger partial charge in [0.25, 0.3) is 10.0 Å². The topological polar surface area (TPSA) is 81.4 Å². The van der Waals surface area contributed by atoms with E-state index in [9.17, 15) is 8.42 Å². The Kier molecular flexibility index (Phi) is 4.43. The van der Waals surface area contributed by atoms with Crippen LogP contribution in [0.1, 0.15) is 5.56 Å². The smallest absolute Gasteiger partial charge is 0.262 e. The van der Waals surface area contributed by atoms with Crippen molar-refractivity contribution in [3.8, 4) is 5.75 Å². The van der Waals surface area contributed by atoms with Crippen LogP contribution in [0.2, 0.25) is 0 Å². The van der Waals surface area contributed by atoms with E-state index in [1.807, 2.05) is 13.0 Å². The maximum atomic E-state index is 12.4. The highest BCUT2D eigenvalue weighted by molar-refractivity contribution is 9.10. The Hall–Kier alpha value is -1.73. The van der Waals surface area contributed by atoms with Gasteiger partial charge in [-0.2, -0.15) is 0 Å². The molecule has 0 radical (unpaired) electrons. The second-order valence-corrected chi connectivity index (χ2v) is 7.03. The highest BCUT2D eigenvalue weighted by Gasteiger charge is 2.17. The molecule has 2 aromatic carbocycles. The molecule has 0 fully saturated rings. The van der Waals surface area contributed by atoms with Gasteiger partial charge in [-0.25, -0.2) is 8.42 Å². The molecular weight excluding hydrogens is 356 g/mol. The monoisotopic (exact) mass is 370 g/mol. The Morgan fingerprint density at radius 3 is 2.57 bits per heavy atom. The Morgan fingerprint density at radius 1 is 1.19 bits per heavy atom. The summed E-state index contributed by atoms with van der Waals surface area (Å²) in [7, 11) is -2.28. The van der Waals surface area contributed by atoms with E-state index in [1.165, 1.54) is 25.3 Å². The number of aryl methyl sites for hydroxylation is 1. The lowest BCUT2D eigenvalue weighted by Gasteiger charge is -2.12. The summed E-state index contributed by atoms with van der Waals surface area (Å²) in [5.74, 6) is 0.321. The van der Waals surface area contributed by atoms with Crippen LogP contribution >= 0.6 is 15.9 Å². The van der Waals surface area contributed by atoms with E-state index in [0.29, 0.717) is 21.6 Å². The van der Waals surface area contributed by atoms with Crippen molar-refractivity contribution in [1.82, 2.24) is 0 Å². The lowest BCUT2D eigenvalue weighted by Crippen LogP contribution is -2.13. The van der Waals surface area contributed by atoms with Crippen molar-refractivity contribution < 1.29 is 13.2 Å². The van der Waals surface area contributed by atoms with Crippen molar-refractivity contribution in [1.29, 1.82) is 0 Å². The van der Waals surface area contributed by atoms with Gasteiger partial charge in [0.1, 0.15) is 5.75 Å². The van der Waals surface area contributed by atoms with Crippen LogP contribution in [0, 0.1) is 6.92 Å². The number of hydrogen-bond acceptors (Lipinski definition) is 4. The average molecular weight is 371 g/mol. The summed E-state index contributed by atoms with van der Waals surface area (Å²) < 4.78 is 33.1. The van der Waals surface area contributed by atoms with Gasteiger partial charge in [0.2, 0.25) is 0 Å². The highest BCUT2D eigenvalue weighted by Crippen LogP contribution is 2.29. The van der Waals surface area contributed by atoms with Crippen molar-refractivity contribution in [2.75, 3.05) is 17.6 Å². The predicted octanol–water partition coefficient (Wildman–Crippen LogP) is 3.15. The standard InChI is InChI=1S/C14H15BrN2O3S/c1-9-3-5-11(15)13(7-9)17-21(18,19)10-4-6-12(16)14(8-10)20-2/h3-8,17H,16H2,1-2H3. The van der Waals surface area contributed by atoms with Crippen LogP contribution < -0.4 is 15.2 Å². The number of rotatable bonds is 4. The van der Waals surface area contributed by atoms with Gasteiger partial charge in [-0.05, 0) is 52.7 Å². The Morgan fingerprint density at radius 2 is 1.90 bits per heavy atom. The van der Waals surface area contributed by atoms with Gasteiger partial charge < -0.3 is 10.5 Å². The van der Waals surface area contributed by atoms with Crippen molar-refractivity contribution in [2.24, 2.45) is 0 Å². The van der Waals surface area contributed by atoms with Gasteiger partial charge in [-0.1, -0.05) is 6.07 Å². The molecule has 0 aromatic heterocycles. The van der Waals surface area contributed by atoms with Crippen LogP contribution in [0.15, 0.2) is 45.8 Å². The zero-order valence-electron chi connectivity index (χ0n) is 11.6. The molecule has 0 saturated heterocycles. The molecule has 21 heavy (non-hydrogen) atoms.